The van der Waals surface area contributed by atoms with E-state index in [9.17, 15) is 5.11 Å². The molecular weight excluding hydrogens is 252 g/mol. The summed E-state index contributed by atoms with van der Waals surface area (Å²) in [6.45, 7) is 2.58. The zero-order chi connectivity index (χ0) is 13.9. The van der Waals surface area contributed by atoms with E-state index < -0.39 is 6.10 Å². The van der Waals surface area contributed by atoms with Gasteiger partial charge in [-0.05, 0) is 36.8 Å². The third-order valence-corrected chi connectivity index (χ3v) is 3.17. The van der Waals surface area contributed by atoms with Crippen LogP contribution < -0.4 is 4.74 Å². The Hall–Kier alpha value is -2.33. The molecule has 0 aliphatic carbocycles. The Labute approximate surface area is 117 Å². The number of hydrogen-bond acceptors (Lipinski definition) is 3. The maximum atomic E-state index is 10.4. The van der Waals surface area contributed by atoms with Crippen LogP contribution in [0, 0.1) is 0 Å². The summed E-state index contributed by atoms with van der Waals surface area (Å²) in [6.07, 6.45) is 3.03. The van der Waals surface area contributed by atoms with Crippen LogP contribution in [0.4, 0.5) is 0 Å². The van der Waals surface area contributed by atoms with Gasteiger partial charge in [-0.3, -0.25) is 0 Å². The fourth-order valence-corrected chi connectivity index (χ4v) is 2.17. The first-order valence-electron chi connectivity index (χ1n) is 6.62. The van der Waals surface area contributed by atoms with E-state index in [0.717, 1.165) is 17.0 Å². The van der Waals surface area contributed by atoms with Crippen LogP contribution in [0.15, 0.2) is 54.9 Å². The Balaban J connectivity index is 1.89. The van der Waals surface area contributed by atoms with Gasteiger partial charge in [0.2, 0.25) is 0 Å². The Kier molecular flexibility index (Phi) is 3.39. The highest BCUT2D eigenvalue weighted by atomic mass is 16.5. The van der Waals surface area contributed by atoms with Gasteiger partial charge in [0.25, 0.3) is 0 Å². The Morgan fingerprint density at radius 3 is 2.70 bits per heavy atom. The van der Waals surface area contributed by atoms with Crippen LogP contribution in [-0.2, 0) is 0 Å². The summed E-state index contributed by atoms with van der Waals surface area (Å²) >= 11 is 0. The molecule has 3 rings (SSSR count). The van der Waals surface area contributed by atoms with E-state index in [-0.39, 0.29) is 0 Å². The summed E-state index contributed by atoms with van der Waals surface area (Å²) in [6, 6.07) is 13.2. The third kappa shape index (κ3) is 2.38. The zero-order valence-electron chi connectivity index (χ0n) is 11.2. The molecule has 2 aromatic heterocycles. The van der Waals surface area contributed by atoms with Crippen molar-refractivity contribution in [3.8, 4) is 5.75 Å². The Bertz CT molecular complexity index is 671. The minimum absolute atomic E-state index is 0.633. The minimum atomic E-state index is -0.731. The summed E-state index contributed by atoms with van der Waals surface area (Å²) < 4.78 is 7.29. The van der Waals surface area contributed by atoms with Gasteiger partial charge < -0.3 is 14.2 Å². The summed E-state index contributed by atoms with van der Waals surface area (Å²) in [5, 5.41) is 10.4. The number of pyridine rings is 1. The van der Waals surface area contributed by atoms with E-state index in [2.05, 4.69) is 4.98 Å². The molecule has 20 heavy (non-hydrogen) atoms. The van der Waals surface area contributed by atoms with Crippen LogP contribution in [0.2, 0.25) is 0 Å². The quantitative estimate of drug-likeness (QED) is 0.791. The van der Waals surface area contributed by atoms with Crippen LogP contribution in [0.25, 0.3) is 5.65 Å². The standard InChI is InChI=1S/C16H16N2O2/c1-2-20-13-8-6-12(7-9-13)16(19)14-11-18-10-4-3-5-15(18)17-14/h3-11,16,19H,2H2,1H3. The van der Waals surface area contributed by atoms with Gasteiger partial charge in [-0.25, -0.2) is 4.98 Å². The number of rotatable bonds is 4. The molecule has 102 valence electrons. The number of benzene rings is 1. The van der Waals surface area contributed by atoms with Crippen molar-refractivity contribution in [2.45, 2.75) is 13.0 Å². The molecule has 1 unspecified atom stereocenters. The Morgan fingerprint density at radius 2 is 2.00 bits per heavy atom. The molecule has 0 saturated carbocycles. The maximum absolute atomic E-state index is 10.4. The first kappa shape index (κ1) is 12.7. The predicted octanol–water partition coefficient (Wildman–Crippen LogP) is 2.81. The van der Waals surface area contributed by atoms with E-state index in [4.69, 9.17) is 4.74 Å². The second-order valence-corrected chi connectivity index (χ2v) is 4.54. The van der Waals surface area contributed by atoms with Crippen molar-refractivity contribution >= 4 is 5.65 Å². The Morgan fingerprint density at radius 1 is 1.20 bits per heavy atom. The van der Waals surface area contributed by atoms with Crippen molar-refractivity contribution in [1.82, 2.24) is 9.38 Å². The molecule has 1 atom stereocenters. The second kappa shape index (κ2) is 5.35. The molecule has 0 amide bonds. The summed E-state index contributed by atoms with van der Waals surface area (Å²) in [4.78, 5) is 4.43. The van der Waals surface area contributed by atoms with Crippen molar-refractivity contribution in [2.24, 2.45) is 0 Å². The van der Waals surface area contributed by atoms with Crippen molar-refractivity contribution in [3.05, 3.63) is 66.1 Å². The monoisotopic (exact) mass is 268 g/mol. The van der Waals surface area contributed by atoms with Gasteiger partial charge in [0.15, 0.2) is 0 Å². The van der Waals surface area contributed by atoms with E-state index >= 15 is 0 Å². The number of aliphatic hydroxyl groups excluding tert-OH is 1. The lowest BCUT2D eigenvalue weighted by Gasteiger charge is -2.09. The lowest BCUT2D eigenvalue weighted by Crippen LogP contribution is -2.00. The predicted molar refractivity (Wildman–Crippen MR) is 76.9 cm³/mol. The molecule has 1 N–H and O–H groups in total. The van der Waals surface area contributed by atoms with E-state index in [0.29, 0.717) is 12.3 Å². The molecule has 2 heterocycles. The summed E-state index contributed by atoms with van der Waals surface area (Å²) in [5.74, 6) is 0.804. The lowest BCUT2D eigenvalue weighted by atomic mass is 10.1. The van der Waals surface area contributed by atoms with Crippen LogP contribution in [0.5, 0.6) is 5.75 Å². The van der Waals surface area contributed by atoms with Gasteiger partial charge in [-0.1, -0.05) is 18.2 Å². The summed E-state index contributed by atoms with van der Waals surface area (Å²) in [7, 11) is 0. The number of aliphatic hydroxyl groups is 1. The zero-order valence-corrected chi connectivity index (χ0v) is 11.2. The first-order chi connectivity index (χ1) is 9.78. The van der Waals surface area contributed by atoms with Gasteiger partial charge in [0.05, 0.1) is 12.3 Å². The smallest absolute Gasteiger partial charge is 0.137 e. The van der Waals surface area contributed by atoms with Gasteiger partial charge in [0.1, 0.15) is 17.5 Å². The molecule has 0 bridgehead atoms. The van der Waals surface area contributed by atoms with Crippen LogP contribution in [0.3, 0.4) is 0 Å². The molecule has 0 aliphatic heterocycles. The largest absolute Gasteiger partial charge is 0.494 e. The average Bonchev–Trinajstić information content (AvgIpc) is 2.91. The summed E-state index contributed by atoms with van der Waals surface area (Å²) in [5.41, 5.74) is 2.27. The second-order valence-electron chi connectivity index (χ2n) is 4.54. The number of fused-ring (bicyclic) bond motifs is 1. The number of nitrogens with zero attached hydrogens (tertiary/aromatic N) is 2. The van der Waals surface area contributed by atoms with Gasteiger partial charge in [-0.2, -0.15) is 0 Å². The van der Waals surface area contributed by atoms with Crippen LogP contribution >= 0.6 is 0 Å². The van der Waals surface area contributed by atoms with Gasteiger partial charge in [-0.15, -0.1) is 0 Å². The third-order valence-electron chi connectivity index (χ3n) is 3.17. The number of imidazole rings is 1. The van der Waals surface area contributed by atoms with Crippen LogP contribution in [-0.4, -0.2) is 21.1 Å². The fraction of sp³-hybridized carbons (Fsp3) is 0.188. The molecule has 0 aliphatic rings. The highest BCUT2D eigenvalue weighted by Crippen LogP contribution is 2.23. The number of aromatic nitrogens is 2. The highest BCUT2D eigenvalue weighted by molar-refractivity contribution is 5.41. The maximum Gasteiger partial charge on any atom is 0.137 e. The normalized spacial score (nSPS) is 12.5. The number of ether oxygens (including phenoxy) is 1. The van der Waals surface area contributed by atoms with Crippen molar-refractivity contribution in [2.75, 3.05) is 6.61 Å². The minimum Gasteiger partial charge on any atom is -0.494 e. The molecule has 0 saturated heterocycles. The lowest BCUT2D eigenvalue weighted by molar-refractivity contribution is 0.216. The van der Waals surface area contributed by atoms with Crippen molar-refractivity contribution in [1.29, 1.82) is 0 Å². The molecule has 0 fully saturated rings. The SMILES string of the molecule is CCOc1ccc(C(O)c2cn3ccccc3n2)cc1. The van der Waals surface area contributed by atoms with E-state index in [1.165, 1.54) is 0 Å². The molecule has 4 nitrogen and oxygen atoms in total. The molecule has 0 spiro atoms. The van der Waals surface area contributed by atoms with Gasteiger partial charge in [0, 0.05) is 12.4 Å². The average molecular weight is 268 g/mol. The van der Waals surface area contributed by atoms with E-state index in [1.54, 1.807) is 0 Å². The fourth-order valence-electron chi connectivity index (χ4n) is 2.17. The first-order valence-corrected chi connectivity index (χ1v) is 6.62. The molecule has 3 aromatic rings. The molecule has 0 radical (unpaired) electrons. The molecule has 4 heteroatoms. The molecule has 1 aromatic carbocycles. The highest BCUT2D eigenvalue weighted by Gasteiger charge is 2.14. The van der Waals surface area contributed by atoms with E-state index in [1.807, 2.05) is 66.2 Å². The van der Waals surface area contributed by atoms with Gasteiger partial charge >= 0.3 is 0 Å². The number of hydrogen-bond donors (Lipinski definition) is 1. The molecular formula is C16H16N2O2. The van der Waals surface area contributed by atoms with Crippen LogP contribution in [0.1, 0.15) is 24.3 Å². The van der Waals surface area contributed by atoms with Crippen molar-refractivity contribution in [3.63, 3.8) is 0 Å². The van der Waals surface area contributed by atoms with Crippen molar-refractivity contribution < 1.29 is 9.84 Å². The topological polar surface area (TPSA) is 46.8 Å².